The Labute approximate surface area is 160 Å². The molecule has 1 aromatic carbocycles. The Morgan fingerprint density at radius 2 is 1.78 bits per heavy atom. The summed E-state index contributed by atoms with van der Waals surface area (Å²) in [5.41, 5.74) is 0. The zero-order valence-corrected chi connectivity index (χ0v) is 16.4. The zero-order valence-electron chi connectivity index (χ0n) is 15.6. The topological polar surface area (TPSA) is 69.7 Å². The number of piperidine rings is 1. The van der Waals surface area contributed by atoms with Crippen LogP contribution >= 0.6 is 0 Å². The predicted molar refractivity (Wildman–Crippen MR) is 101 cm³/mol. The molecule has 1 N–H and O–H groups in total. The summed E-state index contributed by atoms with van der Waals surface area (Å²) in [5.74, 6) is -0.918. The summed E-state index contributed by atoms with van der Waals surface area (Å²) in [6.45, 7) is 4.46. The van der Waals surface area contributed by atoms with E-state index in [1.165, 1.54) is 35.3 Å². The third kappa shape index (κ3) is 5.06. The number of nitrogens with zero attached hydrogens (tertiary/aromatic N) is 2. The molecule has 0 radical (unpaired) electrons. The summed E-state index contributed by atoms with van der Waals surface area (Å²) >= 11 is 0. The van der Waals surface area contributed by atoms with E-state index in [4.69, 9.17) is 0 Å². The van der Waals surface area contributed by atoms with Gasteiger partial charge < -0.3 is 10.2 Å². The molecule has 150 valence electrons. The number of amides is 1. The molecule has 0 bridgehead atoms. The number of benzene rings is 1. The number of halogens is 1. The van der Waals surface area contributed by atoms with E-state index in [9.17, 15) is 17.6 Å². The van der Waals surface area contributed by atoms with E-state index in [1.807, 2.05) is 0 Å². The molecule has 3 rings (SSSR count). The maximum atomic E-state index is 13.9. The minimum atomic E-state index is -3.85. The lowest BCUT2D eigenvalue weighted by molar-refractivity contribution is -0.126. The van der Waals surface area contributed by atoms with Crippen LogP contribution in [0.2, 0.25) is 0 Å². The standard InChI is InChI=1S/C19H28FN3O3S/c20-17-6-1-2-7-18(17)27(25,26)23-14-8-16(9-15-23)19(24)21-10-5-13-22-11-3-4-12-22/h1-2,6-7,16H,3-5,8-15H2,(H,21,24). The van der Waals surface area contributed by atoms with Crippen LogP contribution in [0.5, 0.6) is 0 Å². The summed E-state index contributed by atoms with van der Waals surface area (Å²) < 4.78 is 40.3. The van der Waals surface area contributed by atoms with E-state index < -0.39 is 15.8 Å². The number of rotatable bonds is 7. The molecule has 2 heterocycles. The van der Waals surface area contributed by atoms with E-state index in [1.54, 1.807) is 0 Å². The monoisotopic (exact) mass is 397 g/mol. The fourth-order valence-electron chi connectivity index (χ4n) is 3.82. The maximum absolute atomic E-state index is 13.9. The normalized spacial score (nSPS) is 20.0. The van der Waals surface area contributed by atoms with Gasteiger partial charge in [0.15, 0.2) is 0 Å². The largest absolute Gasteiger partial charge is 0.356 e. The first-order valence-electron chi connectivity index (χ1n) is 9.73. The Kier molecular flexibility index (Phi) is 6.83. The van der Waals surface area contributed by atoms with Gasteiger partial charge in [-0.1, -0.05) is 12.1 Å². The third-order valence-electron chi connectivity index (χ3n) is 5.43. The first-order valence-corrected chi connectivity index (χ1v) is 11.2. The molecule has 27 heavy (non-hydrogen) atoms. The van der Waals surface area contributed by atoms with E-state index >= 15 is 0 Å². The molecule has 0 aromatic heterocycles. The second kappa shape index (κ2) is 9.12. The van der Waals surface area contributed by atoms with Gasteiger partial charge in [0.25, 0.3) is 0 Å². The van der Waals surface area contributed by atoms with Crippen molar-refractivity contribution in [1.29, 1.82) is 0 Å². The summed E-state index contributed by atoms with van der Waals surface area (Å²) in [6, 6.07) is 5.41. The highest BCUT2D eigenvalue weighted by Gasteiger charge is 2.33. The molecule has 2 aliphatic heterocycles. The molecule has 2 fully saturated rings. The number of likely N-dealkylation sites (tertiary alicyclic amines) is 1. The molecule has 0 atom stereocenters. The predicted octanol–water partition coefficient (Wildman–Crippen LogP) is 1.83. The second-order valence-electron chi connectivity index (χ2n) is 7.30. The van der Waals surface area contributed by atoms with Gasteiger partial charge in [-0.05, 0) is 63.9 Å². The van der Waals surface area contributed by atoms with Gasteiger partial charge >= 0.3 is 0 Å². The molecule has 2 aliphatic rings. The first kappa shape index (κ1) is 20.2. The van der Waals surface area contributed by atoms with Gasteiger partial charge in [-0.3, -0.25) is 4.79 Å². The zero-order chi connectivity index (χ0) is 19.3. The van der Waals surface area contributed by atoms with Crippen LogP contribution in [0.1, 0.15) is 32.1 Å². The highest BCUT2D eigenvalue weighted by molar-refractivity contribution is 7.89. The maximum Gasteiger partial charge on any atom is 0.245 e. The van der Waals surface area contributed by atoms with Gasteiger partial charge in [0, 0.05) is 25.6 Å². The smallest absolute Gasteiger partial charge is 0.245 e. The van der Waals surface area contributed by atoms with E-state index in [-0.39, 0.29) is 29.8 Å². The molecule has 0 aliphatic carbocycles. The number of carbonyl (C=O) groups excluding carboxylic acids is 1. The lowest BCUT2D eigenvalue weighted by atomic mass is 9.97. The van der Waals surface area contributed by atoms with Crippen molar-refractivity contribution < 1.29 is 17.6 Å². The van der Waals surface area contributed by atoms with Gasteiger partial charge in [0.2, 0.25) is 15.9 Å². The van der Waals surface area contributed by atoms with Gasteiger partial charge in [-0.25, -0.2) is 12.8 Å². The average Bonchev–Trinajstić information content (AvgIpc) is 3.19. The highest BCUT2D eigenvalue weighted by atomic mass is 32.2. The Bertz CT molecular complexity index is 742. The summed E-state index contributed by atoms with van der Waals surface area (Å²) in [6.07, 6.45) is 4.39. The van der Waals surface area contributed by atoms with E-state index in [2.05, 4.69) is 10.2 Å². The van der Waals surface area contributed by atoms with Gasteiger partial charge in [0.1, 0.15) is 10.7 Å². The number of sulfonamides is 1. The Hall–Kier alpha value is -1.51. The molecule has 0 spiro atoms. The average molecular weight is 398 g/mol. The Morgan fingerprint density at radius 3 is 2.44 bits per heavy atom. The van der Waals surface area contributed by atoms with Crippen molar-refractivity contribution >= 4 is 15.9 Å². The van der Waals surface area contributed by atoms with Crippen molar-refractivity contribution in [3.05, 3.63) is 30.1 Å². The molecule has 0 unspecified atom stereocenters. The summed E-state index contributed by atoms with van der Waals surface area (Å²) in [5, 5.41) is 2.98. The highest BCUT2D eigenvalue weighted by Crippen LogP contribution is 2.25. The fourth-order valence-corrected chi connectivity index (χ4v) is 5.35. The van der Waals surface area contributed by atoms with Crippen molar-refractivity contribution in [3.63, 3.8) is 0 Å². The van der Waals surface area contributed by atoms with Crippen molar-refractivity contribution in [2.75, 3.05) is 39.3 Å². The van der Waals surface area contributed by atoms with Crippen LogP contribution in [-0.4, -0.2) is 62.8 Å². The van der Waals surface area contributed by atoms with Gasteiger partial charge in [-0.2, -0.15) is 4.31 Å². The number of nitrogens with one attached hydrogen (secondary N) is 1. The van der Waals surface area contributed by atoms with E-state index in [0.29, 0.717) is 19.4 Å². The lowest BCUT2D eigenvalue weighted by Crippen LogP contribution is -2.43. The molecule has 1 aromatic rings. The van der Waals surface area contributed by atoms with Crippen molar-refractivity contribution in [2.24, 2.45) is 5.92 Å². The fraction of sp³-hybridized carbons (Fsp3) is 0.632. The molecule has 8 heteroatoms. The molecule has 6 nitrogen and oxygen atoms in total. The quantitative estimate of drug-likeness (QED) is 0.713. The molecular weight excluding hydrogens is 369 g/mol. The Morgan fingerprint density at radius 1 is 1.11 bits per heavy atom. The van der Waals surface area contributed by atoms with Crippen LogP contribution in [0.25, 0.3) is 0 Å². The SMILES string of the molecule is O=C(NCCCN1CCCC1)C1CCN(S(=O)(=O)c2ccccc2F)CC1. The van der Waals surface area contributed by atoms with Crippen LogP contribution in [0.3, 0.4) is 0 Å². The minimum absolute atomic E-state index is 0.000591. The molecule has 0 saturated carbocycles. The van der Waals surface area contributed by atoms with Crippen molar-refractivity contribution in [1.82, 2.24) is 14.5 Å². The third-order valence-corrected chi connectivity index (χ3v) is 7.36. The van der Waals surface area contributed by atoms with Crippen LogP contribution in [0, 0.1) is 11.7 Å². The molecule has 1 amide bonds. The summed E-state index contributed by atoms with van der Waals surface area (Å²) in [7, 11) is -3.85. The van der Waals surface area contributed by atoms with Crippen LogP contribution < -0.4 is 5.32 Å². The van der Waals surface area contributed by atoms with Gasteiger partial charge in [0.05, 0.1) is 0 Å². The number of carbonyl (C=O) groups is 1. The molecule has 2 saturated heterocycles. The van der Waals surface area contributed by atoms with Crippen LogP contribution in [-0.2, 0) is 14.8 Å². The van der Waals surface area contributed by atoms with E-state index in [0.717, 1.165) is 32.1 Å². The second-order valence-corrected chi connectivity index (χ2v) is 9.21. The van der Waals surface area contributed by atoms with Gasteiger partial charge in [-0.15, -0.1) is 0 Å². The summed E-state index contributed by atoms with van der Waals surface area (Å²) in [4.78, 5) is 14.4. The van der Waals surface area contributed by atoms with Crippen LogP contribution in [0.15, 0.2) is 29.2 Å². The Balaban J connectivity index is 1.44. The first-order chi connectivity index (χ1) is 13.0. The van der Waals surface area contributed by atoms with Crippen LogP contribution in [0.4, 0.5) is 4.39 Å². The van der Waals surface area contributed by atoms with Crippen molar-refractivity contribution in [2.45, 2.75) is 37.0 Å². The molecular formula is C19H28FN3O3S. The van der Waals surface area contributed by atoms with Crippen molar-refractivity contribution in [3.8, 4) is 0 Å². The lowest BCUT2D eigenvalue weighted by Gasteiger charge is -2.30. The minimum Gasteiger partial charge on any atom is -0.356 e. The number of hydrogen-bond acceptors (Lipinski definition) is 4. The number of hydrogen-bond donors (Lipinski definition) is 1.